The first-order valence-corrected chi connectivity index (χ1v) is 7.76. The molecule has 0 fully saturated rings. The van der Waals surface area contributed by atoms with Crippen molar-refractivity contribution in [2.24, 2.45) is 0 Å². The summed E-state index contributed by atoms with van der Waals surface area (Å²) < 4.78 is 0. The second-order valence-electron chi connectivity index (χ2n) is 5.53. The van der Waals surface area contributed by atoms with Gasteiger partial charge in [-0.05, 0) is 30.4 Å². The molecule has 0 saturated carbocycles. The molecule has 0 aliphatic rings. The lowest BCUT2D eigenvalue weighted by molar-refractivity contribution is 0.228. The van der Waals surface area contributed by atoms with E-state index in [0.717, 1.165) is 19.3 Å². The molecule has 2 N–H and O–H groups in total. The normalized spacial score (nSPS) is 13.8. The van der Waals surface area contributed by atoms with E-state index in [1.807, 2.05) is 24.3 Å². The molecule has 0 aliphatic carbocycles. The van der Waals surface area contributed by atoms with Crippen LogP contribution in [0.5, 0.6) is 0 Å². The molecule has 0 spiro atoms. The molecule has 0 bridgehead atoms. The summed E-state index contributed by atoms with van der Waals surface area (Å²) in [5.74, 6) is 0. The Morgan fingerprint density at radius 2 is 1.29 bits per heavy atom. The maximum absolute atomic E-state index is 9.64. The summed E-state index contributed by atoms with van der Waals surface area (Å²) in [7, 11) is 0. The van der Waals surface area contributed by atoms with Crippen molar-refractivity contribution in [1.29, 1.82) is 0 Å². The zero-order chi connectivity index (χ0) is 14.9. The van der Waals surface area contributed by atoms with Gasteiger partial charge in [-0.25, -0.2) is 0 Å². The van der Waals surface area contributed by atoms with Crippen LogP contribution in [0.15, 0.2) is 60.7 Å². The summed E-state index contributed by atoms with van der Waals surface area (Å²) in [5, 5.41) is 13.2. The number of benzene rings is 2. The lowest BCUT2D eigenvalue weighted by atomic mass is 10.0. The Hall–Kier alpha value is -1.64. The van der Waals surface area contributed by atoms with Gasteiger partial charge in [-0.15, -0.1) is 0 Å². The van der Waals surface area contributed by atoms with Crippen LogP contribution in [0, 0.1) is 0 Å². The quantitative estimate of drug-likeness (QED) is 0.780. The molecule has 2 aromatic carbocycles. The first kappa shape index (κ1) is 15.7. The predicted octanol–water partition coefficient (Wildman–Crippen LogP) is 3.20. The Bertz CT molecular complexity index is 450. The molecule has 0 heterocycles. The van der Waals surface area contributed by atoms with E-state index in [1.165, 1.54) is 11.1 Å². The van der Waals surface area contributed by atoms with Crippen LogP contribution in [-0.2, 0) is 12.8 Å². The molecule has 21 heavy (non-hydrogen) atoms. The largest absolute Gasteiger partial charge is 0.395 e. The van der Waals surface area contributed by atoms with Crippen molar-refractivity contribution in [2.45, 2.75) is 38.3 Å². The van der Waals surface area contributed by atoms with Crippen molar-refractivity contribution in [2.75, 3.05) is 6.61 Å². The maximum Gasteiger partial charge on any atom is 0.0587 e. The van der Waals surface area contributed by atoms with Crippen LogP contribution in [0.1, 0.15) is 24.5 Å². The van der Waals surface area contributed by atoms with Crippen molar-refractivity contribution >= 4 is 0 Å². The van der Waals surface area contributed by atoms with Crippen LogP contribution < -0.4 is 5.32 Å². The number of nitrogens with one attached hydrogen (secondary N) is 1. The van der Waals surface area contributed by atoms with E-state index in [4.69, 9.17) is 0 Å². The molecule has 0 aromatic heterocycles. The highest BCUT2D eigenvalue weighted by Gasteiger charge is 2.14. The molecule has 0 saturated heterocycles. The Labute approximate surface area is 127 Å². The van der Waals surface area contributed by atoms with Gasteiger partial charge in [0.05, 0.1) is 6.61 Å². The lowest BCUT2D eigenvalue weighted by Gasteiger charge is -2.24. The summed E-state index contributed by atoms with van der Waals surface area (Å²) in [5.41, 5.74) is 2.60. The minimum Gasteiger partial charge on any atom is -0.395 e. The first-order valence-electron chi connectivity index (χ1n) is 7.76. The molecule has 0 radical (unpaired) electrons. The van der Waals surface area contributed by atoms with Crippen LogP contribution in [0.4, 0.5) is 0 Å². The second-order valence-corrected chi connectivity index (χ2v) is 5.53. The van der Waals surface area contributed by atoms with Gasteiger partial charge in [0, 0.05) is 12.1 Å². The number of aliphatic hydroxyl groups is 1. The molecule has 2 nitrogen and oxygen atoms in total. The fourth-order valence-electron chi connectivity index (χ4n) is 2.63. The monoisotopic (exact) mass is 283 g/mol. The molecule has 0 aliphatic heterocycles. The number of hydrogen-bond donors (Lipinski definition) is 2. The van der Waals surface area contributed by atoms with E-state index >= 15 is 0 Å². The summed E-state index contributed by atoms with van der Waals surface area (Å²) in [6.07, 6.45) is 2.92. The Morgan fingerprint density at radius 3 is 1.71 bits per heavy atom. The lowest BCUT2D eigenvalue weighted by Crippen LogP contribution is -2.42. The topological polar surface area (TPSA) is 32.3 Å². The van der Waals surface area contributed by atoms with Gasteiger partial charge in [0.15, 0.2) is 0 Å². The molecule has 1 unspecified atom stereocenters. The molecule has 0 amide bonds. The van der Waals surface area contributed by atoms with E-state index in [-0.39, 0.29) is 12.6 Å². The molecule has 2 heteroatoms. The summed E-state index contributed by atoms with van der Waals surface area (Å²) in [6, 6.07) is 21.4. The zero-order valence-corrected chi connectivity index (χ0v) is 12.7. The minimum absolute atomic E-state index is 0.112. The average molecular weight is 283 g/mol. The van der Waals surface area contributed by atoms with Gasteiger partial charge >= 0.3 is 0 Å². The Balaban J connectivity index is 1.92. The predicted molar refractivity (Wildman–Crippen MR) is 88.4 cm³/mol. The van der Waals surface area contributed by atoms with Gasteiger partial charge in [-0.3, -0.25) is 0 Å². The number of rotatable bonds is 8. The van der Waals surface area contributed by atoms with E-state index in [1.54, 1.807) is 0 Å². The average Bonchev–Trinajstić information content (AvgIpc) is 2.55. The highest BCUT2D eigenvalue weighted by Crippen LogP contribution is 2.09. The molecule has 2 rings (SSSR count). The summed E-state index contributed by atoms with van der Waals surface area (Å²) in [6.45, 7) is 2.36. The first-order chi connectivity index (χ1) is 10.3. The third-order valence-corrected chi connectivity index (χ3v) is 3.83. The zero-order valence-electron chi connectivity index (χ0n) is 12.7. The summed E-state index contributed by atoms with van der Waals surface area (Å²) >= 11 is 0. The smallest absolute Gasteiger partial charge is 0.0587 e. The molecule has 2 atom stereocenters. The van der Waals surface area contributed by atoms with Crippen molar-refractivity contribution in [1.82, 2.24) is 5.32 Å². The van der Waals surface area contributed by atoms with Crippen molar-refractivity contribution in [3.05, 3.63) is 71.8 Å². The highest BCUT2D eigenvalue weighted by atomic mass is 16.3. The standard InChI is InChI=1S/C19H25NO/c1-2-18(13-16-9-5-3-6-10-16)20-19(15-21)14-17-11-7-4-8-12-17/h3-12,18-21H,2,13-15H2,1H3/t18?,19-/m1/s1. The Morgan fingerprint density at radius 1 is 0.810 bits per heavy atom. The van der Waals surface area contributed by atoms with Crippen molar-refractivity contribution in [3.63, 3.8) is 0 Å². The minimum atomic E-state index is 0.112. The van der Waals surface area contributed by atoms with Crippen LogP contribution >= 0.6 is 0 Å². The second kappa shape index (κ2) is 8.60. The van der Waals surface area contributed by atoms with Crippen LogP contribution in [-0.4, -0.2) is 23.8 Å². The van der Waals surface area contributed by atoms with E-state index in [0.29, 0.717) is 6.04 Å². The van der Waals surface area contributed by atoms with Gasteiger partial charge < -0.3 is 10.4 Å². The van der Waals surface area contributed by atoms with Gasteiger partial charge in [0.1, 0.15) is 0 Å². The van der Waals surface area contributed by atoms with Gasteiger partial charge in [0.25, 0.3) is 0 Å². The van der Waals surface area contributed by atoms with Gasteiger partial charge in [-0.1, -0.05) is 67.6 Å². The van der Waals surface area contributed by atoms with Gasteiger partial charge in [0.2, 0.25) is 0 Å². The number of aliphatic hydroxyl groups excluding tert-OH is 1. The molecule has 112 valence electrons. The van der Waals surface area contributed by atoms with E-state index in [9.17, 15) is 5.11 Å². The van der Waals surface area contributed by atoms with Crippen molar-refractivity contribution < 1.29 is 5.11 Å². The molecule has 2 aromatic rings. The fourth-order valence-corrected chi connectivity index (χ4v) is 2.63. The SMILES string of the molecule is CCC(Cc1ccccc1)N[C@@H](CO)Cc1ccccc1. The third-order valence-electron chi connectivity index (χ3n) is 3.83. The van der Waals surface area contributed by atoms with Crippen molar-refractivity contribution in [3.8, 4) is 0 Å². The van der Waals surface area contributed by atoms with E-state index in [2.05, 4.69) is 48.6 Å². The molecular formula is C19H25NO. The Kier molecular flexibility index (Phi) is 6.45. The van der Waals surface area contributed by atoms with Crippen LogP contribution in [0.3, 0.4) is 0 Å². The highest BCUT2D eigenvalue weighted by molar-refractivity contribution is 5.17. The van der Waals surface area contributed by atoms with Crippen LogP contribution in [0.25, 0.3) is 0 Å². The number of hydrogen-bond acceptors (Lipinski definition) is 2. The maximum atomic E-state index is 9.64. The molecular weight excluding hydrogens is 258 g/mol. The van der Waals surface area contributed by atoms with E-state index < -0.39 is 0 Å². The third kappa shape index (κ3) is 5.33. The summed E-state index contributed by atoms with van der Waals surface area (Å²) in [4.78, 5) is 0. The van der Waals surface area contributed by atoms with Gasteiger partial charge in [-0.2, -0.15) is 0 Å². The fraction of sp³-hybridized carbons (Fsp3) is 0.368. The van der Waals surface area contributed by atoms with Crippen LogP contribution in [0.2, 0.25) is 0 Å².